The number of hydrogen-bond acceptors (Lipinski definition) is 7. The number of benzene rings is 2. The number of tetrazole rings is 1. The molecule has 0 bridgehead atoms. The summed E-state index contributed by atoms with van der Waals surface area (Å²) in [5.41, 5.74) is 3.48. The first kappa shape index (κ1) is 23.6. The monoisotopic (exact) mass is 462 g/mol. The van der Waals surface area contributed by atoms with Gasteiger partial charge < -0.3 is 14.8 Å². The lowest BCUT2D eigenvalue weighted by molar-refractivity contribution is 0.131. The standard InChI is InChI=1S/C25H30N6O3/c1-4-23(24-27-28-29-31(24)15-18-6-8-21(34-3)9-7-18)30(11-12-32)16-20-14-19-13-17(2)5-10-22(19)26-25(20)33/h5-10,13-14,23,32H,4,11-12,15-16H2,1-3H3,(H,26,33)/t23-/m0/s1. The van der Waals surface area contributed by atoms with E-state index in [1.54, 1.807) is 11.8 Å². The third kappa shape index (κ3) is 5.16. The molecule has 34 heavy (non-hydrogen) atoms. The molecule has 0 amide bonds. The van der Waals surface area contributed by atoms with Gasteiger partial charge in [-0.3, -0.25) is 9.69 Å². The average Bonchev–Trinajstić information content (AvgIpc) is 3.28. The molecule has 0 aliphatic rings. The number of aromatic nitrogens is 5. The maximum absolute atomic E-state index is 12.8. The van der Waals surface area contributed by atoms with Gasteiger partial charge >= 0.3 is 0 Å². The van der Waals surface area contributed by atoms with Crippen molar-refractivity contribution in [3.8, 4) is 5.75 Å². The summed E-state index contributed by atoms with van der Waals surface area (Å²) in [6, 6.07) is 15.5. The zero-order chi connectivity index (χ0) is 24.1. The Kier molecular flexibility index (Phi) is 7.34. The normalized spacial score (nSPS) is 12.4. The predicted octanol–water partition coefficient (Wildman–Crippen LogP) is 2.83. The lowest BCUT2D eigenvalue weighted by Gasteiger charge is -2.29. The first-order valence-electron chi connectivity index (χ1n) is 11.4. The fraction of sp³-hybridized carbons (Fsp3) is 0.360. The highest BCUT2D eigenvalue weighted by Crippen LogP contribution is 2.25. The van der Waals surface area contributed by atoms with Gasteiger partial charge in [0.2, 0.25) is 0 Å². The summed E-state index contributed by atoms with van der Waals surface area (Å²) in [5.74, 6) is 1.48. The molecule has 9 nitrogen and oxygen atoms in total. The van der Waals surface area contributed by atoms with Crippen molar-refractivity contribution in [2.75, 3.05) is 20.3 Å². The number of nitrogens with zero attached hydrogens (tertiary/aromatic N) is 5. The molecule has 2 heterocycles. The van der Waals surface area contributed by atoms with Crippen molar-refractivity contribution < 1.29 is 9.84 Å². The second-order valence-electron chi connectivity index (χ2n) is 8.38. The molecule has 2 aromatic carbocycles. The number of aromatic amines is 1. The number of nitrogens with one attached hydrogen (secondary N) is 1. The lowest BCUT2D eigenvalue weighted by Crippen LogP contribution is -2.34. The molecule has 0 radical (unpaired) electrons. The van der Waals surface area contributed by atoms with E-state index in [0.29, 0.717) is 37.4 Å². The maximum atomic E-state index is 12.8. The van der Waals surface area contributed by atoms with Crippen LogP contribution in [0, 0.1) is 6.92 Å². The van der Waals surface area contributed by atoms with E-state index in [2.05, 4.69) is 38.4 Å². The Labute approximate surface area is 198 Å². The van der Waals surface area contributed by atoms with Crippen LogP contribution in [0.15, 0.2) is 53.3 Å². The molecule has 0 spiro atoms. The summed E-state index contributed by atoms with van der Waals surface area (Å²) in [4.78, 5) is 17.9. The van der Waals surface area contributed by atoms with Gasteiger partial charge in [-0.15, -0.1) is 5.10 Å². The number of fused-ring (bicyclic) bond motifs is 1. The minimum Gasteiger partial charge on any atom is -0.497 e. The second kappa shape index (κ2) is 10.6. The quantitative estimate of drug-likeness (QED) is 0.373. The number of hydrogen-bond donors (Lipinski definition) is 2. The summed E-state index contributed by atoms with van der Waals surface area (Å²) in [7, 11) is 1.64. The molecule has 2 aromatic heterocycles. The summed E-state index contributed by atoms with van der Waals surface area (Å²) >= 11 is 0. The van der Waals surface area contributed by atoms with Gasteiger partial charge in [-0.1, -0.05) is 30.7 Å². The SMILES string of the molecule is CC[C@@H](c1nnnn1Cc1ccc(OC)cc1)N(CCO)Cc1cc2cc(C)ccc2[nH]c1=O. The third-order valence-corrected chi connectivity index (χ3v) is 6.01. The van der Waals surface area contributed by atoms with E-state index in [4.69, 9.17) is 4.74 Å². The summed E-state index contributed by atoms with van der Waals surface area (Å²) in [6.07, 6.45) is 0.716. The van der Waals surface area contributed by atoms with Crippen LogP contribution in [0.4, 0.5) is 0 Å². The van der Waals surface area contributed by atoms with Crippen molar-refractivity contribution in [2.45, 2.75) is 39.4 Å². The fourth-order valence-corrected chi connectivity index (χ4v) is 4.25. The summed E-state index contributed by atoms with van der Waals surface area (Å²) in [5, 5.41) is 23.2. The molecule has 0 fully saturated rings. The molecule has 4 rings (SSSR count). The number of aryl methyl sites for hydroxylation is 1. The van der Waals surface area contributed by atoms with Crippen LogP contribution in [0.1, 0.15) is 41.9 Å². The first-order valence-corrected chi connectivity index (χ1v) is 11.4. The molecule has 0 aliphatic carbocycles. The van der Waals surface area contributed by atoms with Gasteiger partial charge in [-0.2, -0.15) is 0 Å². The number of methoxy groups -OCH3 is 1. The van der Waals surface area contributed by atoms with Crippen molar-refractivity contribution in [1.82, 2.24) is 30.1 Å². The Hall–Kier alpha value is -3.56. The third-order valence-electron chi connectivity index (χ3n) is 6.01. The number of aliphatic hydroxyl groups excluding tert-OH is 1. The molecule has 2 N–H and O–H groups in total. The van der Waals surface area contributed by atoms with E-state index in [1.165, 1.54) is 0 Å². The van der Waals surface area contributed by atoms with Crippen LogP contribution in [0.3, 0.4) is 0 Å². The van der Waals surface area contributed by atoms with Crippen LogP contribution in [0.5, 0.6) is 5.75 Å². The number of H-pyrrole nitrogens is 1. The van der Waals surface area contributed by atoms with Gasteiger partial charge in [0.25, 0.3) is 5.56 Å². The molecule has 0 saturated carbocycles. The Morgan fingerprint density at radius 1 is 1.18 bits per heavy atom. The van der Waals surface area contributed by atoms with Gasteiger partial charge in [0.1, 0.15) is 5.75 Å². The molecule has 0 unspecified atom stereocenters. The van der Waals surface area contributed by atoms with Gasteiger partial charge in [0.15, 0.2) is 5.82 Å². The fourth-order valence-electron chi connectivity index (χ4n) is 4.25. The van der Waals surface area contributed by atoms with Crippen molar-refractivity contribution in [3.63, 3.8) is 0 Å². The van der Waals surface area contributed by atoms with E-state index < -0.39 is 0 Å². The van der Waals surface area contributed by atoms with Crippen LogP contribution < -0.4 is 10.3 Å². The highest BCUT2D eigenvalue weighted by atomic mass is 16.5. The van der Waals surface area contributed by atoms with E-state index in [9.17, 15) is 9.90 Å². The van der Waals surface area contributed by atoms with Crippen LogP contribution in [0.2, 0.25) is 0 Å². The predicted molar refractivity (Wildman–Crippen MR) is 130 cm³/mol. The number of pyridine rings is 1. The average molecular weight is 463 g/mol. The topological polar surface area (TPSA) is 109 Å². The Morgan fingerprint density at radius 2 is 1.97 bits per heavy atom. The molecule has 0 aliphatic heterocycles. The van der Waals surface area contributed by atoms with Crippen LogP contribution in [-0.2, 0) is 13.1 Å². The molecule has 9 heteroatoms. The number of ether oxygens (including phenoxy) is 1. The summed E-state index contributed by atoms with van der Waals surface area (Å²) < 4.78 is 7.01. The van der Waals surface area contributed by atoms with Crippen molar-refractivity contribution in [3.05, 3.63) is 81.4 Å². The van der Waals surface area contributed by atoms with E-state index in [-0.39, 0.29) is 18.2 Å². The number of aliphatic hydroxyl groups is 1. The largest absolute Gasteiger partial charge is 0.497 e. The van der Waals surface area contributed by atoms with Gasteiger partial charge in [0, 0.05) is 24.2 Å². The van der Waals surface area contributed by atoms with Crippen molar-refractivity contribution >= 4 is 10.9 Å². The molecule has 178 valence electrons. The van der Waals surface area contributed by atoms with Gasteiger partial charge in [-0.25, -0.2) is 4.68 Å². The highest BCUT2D eigenvalue weighted by molar-refractivity contribution is 5.79. The summed E-state index contributed by atoms with van der Waals surface area (Å²) in [6.45, 7) is 5.30. The molecule has 4 aromatic rings. The minimum absolute atomic E-state index is 0.0405. The van der Waals surface area contributed by atoms with Crippen LogP contribution in [0.25, 0.3) is 10.9 Å². The number of rotatable bonds is 10. The van der Waals surface area contributed by atoms with E-state index in [0.717, 1.165) is 27.8 Å². The minimum atomic E-state index is -0.173. The van der Waals surface area contributed by atoms with Gasteiger partial charge in [0.05, 0.1) is 26.3 Å². The molecular formula is C25H30N6O3. The maximum Gasteiger partial charge on any atom is 0.252 e. The van der Waals surface area contributed by atoms with Crippen LogP contribution in [-0.4, -0.2) is 55.5 Å². The Bertz CT molecular complexity index is 1300. The van der Waals surface area contributed by atoms with E-state index in [1.807, 2.05) is 49.4 Å². The molecule has 0 saturated heterocycles. The zero-order valence-corrected chi connectivity index (χ0v) is 19.7. The van der Waals surface area contributed by atoms with Gasteiger partial charge in [-0.05, 0) is 65.1 Å². The van der Waals surface area contributed by atoms with E-state index >= 15 is 0 Å². The zero-order valence-electron chi connectivity index (χ0n) is 19.7. The molecular weight excluding hydrogens is 432 g/mol. The molecule has 1 atom stereocenters. The Morgan fingerprint density at radius 3 is 2.68 bits per heavy atom. The first-order chi connectivity index (χ1) is 16.5. The van der Waals surface area contributed by atoms with Crippen molar-refractivity contribution in [1.29, 1.82) is 0 Å². The van der Waals surface area contributed by atoms with Crippen LogP contribution >= 0.6 is 0 Å². The highest BCUT2D eigenvalue weighted by Gasteiger charge is 2.25. The Balaban J connectivity index is 1.62. The smallest absolute Gasteiger partial charge is 0.252 e. The van der Waals surface area contributed by atoms with Crippen molar-refractivity contribution in [2.24, 2.45) is 0 Å². The lowest BCUT2D eigenvalue weighted by atomic mass is 10.1. The second-order valence-corrected chi connectivity index (χ2v) is 8.38.